The summed E-state index contributed by atoms with van der Waals surface area (Å²) in [5, 5.41) is 1.92. The van der Waals surface area contributed by atoms with Crippen LogP contribution >= 0.6 is 8.25 Å². The van der Waals surface area contributed by atoms with Gasteiger partial charge in [0, 0.05) is 53.4 Å². The number of benzene rings is 2. The lowest BCUT2D eigenvalue weighted by Gasteiger charge is -2.33. The Labute approximate surface area is 246 Å². The van der Waals surface area contributed by atoms with Crippen LogP contribution in [-0.4, -0.2) is 73.5 Å². The second-order valence-corrected chi connectivity index (χ2v) is 11.8. The van der Waals surface area contributed by atoms with Crippen LogP contribution in [0.1, 0.15) is 25.7 Å². The van der Waals surface area contributed by atoms with Gasteiger partial charge in [-0.1, -0.05) is 12.1 Å². The zero-order valence-electron chi connectivity index (χ0n) is 24.0. The maximum atomic E-state index is 12.7. The van der Waals surface area contributed by atoms with Crippen LogP contribution in [0.2, 0.25) is 0 Å². The van der Waals surface area contributed by atoms with Crippen LogP contribution in [0.5, 0.6) is 11.5 Å². The summed E-state index contributed by atoms with van der Waals surface area (Å²) in [5.74, 6) is 3.69. The molecule has 0 spiro atoms. The maximum absolute atomic E-state index is 12.7. The lowest BCUT2D eigenvalue weighted by molar-refractivity contribution is 0.165. The number of aromatic nitrogens is 4. The molecule has 0 amide bonds. The number of para-hydroxylation sites is 2. The molecule has 4 aromatic rings. The van der Waals surface area contributed by atoms with E-state index in [1.807, 2.05) is 36.4 Å². The van der Waals surface area contributed by atoms with Crippen LogP contribution in [0.3, 0.4) is 0 Å². The first kappa shape index (κ1) is 28.5. The zero-order valence-corrected chi connectivity index (χ0v) is 24.9. The fraction of sp³-hybridized carbons (Fsp3) is 0.467. The topological polar surface area (TPSA) is 112 Å². The van der Waals surface area contributed by atoms with Gasteiger partial charge in [0.1, 0.15) is 60.0 Å². The number of methoxy groups -OCH3 is 2. The summed E-state index contributed by atoms with van der Waals surface area (Å²) in [6.07, 6.45) is 7.18. The largest absolute Gasteiger partial charge is 0.697 e. The molecule has 0 bridgehead atoms. The Bertz CT molecular complexity index is 1440. The van der Waals surface area contributed by atoms with Crippen molar-refractivity contribution >= 4 is 41.7 Å². The molecule has 2 aliphatic heterocycles. The summed E-state index contributed by atoms with van der Waals surface area (Å²) in [6.45, 7) is 4.08. The van der Waals surface area contributed by atoms with Crippen LogP contribution in [0.25, 0.3) is 21.8 Å². The van der Waals surface area contributed by atoms with Crippen molar-refractivity contribution in [3.8, 4) is 11.5 Å². The highest BCUT2D eigenvalue weighted by molar-refractivity contribution is 7.33. The average molecular weight is 592 g/mol. The summed E-state index contributed by atoms with van der Waals surface area (Å²) in [7, 11) is 1.09. The minimum atomic E-state index is -2.21. The molecular formula is C30H36N6O5P+. The lowest BCUT2D eigenvalue weighted by Crippen LogP contribution is -2.38. The normalized spacial score (nSPS) is 19.7. The number of hydrogen-bond donors (Lipinski definition) is 0. The zero-order chi connectivity index (χ0) is 28.9. The second kappa shape index (κ2) is 13.1. The molecule has 220 valence electrons. The fourth-order valence-corrected chi connectivity index (χ4v) is 6.82. The summed E-state index contributed by atoms with van der Waals surface area (Å²) in [6, 6.07) is 11.8. The van der Waals surface area contributed by atoms with E-state index in [1.54, 1.807) is 26.9 Å². The first-order valence-corrected chi connectivity index (χ1v) is 15.5. The molecule has 2 aromatic heterocycles. The molecule has 4 heterocycles. The maximum Gasteiger partial charge on any atom is 0.697 e. The molecule has 6 rings (SSSR count). The Balaban J connectivity index is 1.02. The predicted octanol–water partition coefficient (Wildman–Crippen LogP) is 5.41. The number of piperidine rings is 2. The molecule has 2 fully saturated rings. The molecule has 2 saturated heterocycles. The van der Waals surface area contributed by atoms with Crippen molar-refractivity contribution < 1.29 is 23.1 Å². The highest BCUT2D eigenvalue weighted by Crippen LogP contribution is 2.35. The van der Waals surface area contributed by atoms with E-state index in [9.17, 15) is 4.57 Å². The van der Waals surface area contributed by atoms with Gasteiger partial charge in [0.25, 0.3) is 0 Å². The van der Waals surface area contributed by atoms with Gasteiger partial charge >= 0.3 is 8.25 Å². The van der Waals surface area contributed by atoms with E-state index in [2.05, 4.69) is 29.7 Å². The van der Waals surface area contributed by atoms with Crippen LogP contribution in [0.4, 0.5) is 11.6 Å². The molecule has 2 aromatic carbocycles. The molecule has 12 heteroatoms. The van der Waals surface area contributed by atoms with E-state index in [0.717, 1.165) is 96.8 Å². The molecule has 2 aliphatic rings. The first-order valence-electron chi connectivity index (χ1n) is 14.4. The number of nitrogens with zero attached hydrogens (tertiary/aromatic N) is 6. The quantitative estimate of drug-likeness (QED) is 0.221. The van der Waals surface area contributed by atoms with E-state index in [0.29, 0.717) is 13.2 Å². The highest BCUT2D eigenvalue weighted by Gasteiger charge is 2.31. The van der Waals surface area contributed by atoms with E-state index in [-0.39, 0.29) is 11.8 Å². The minimum Gasteiger partial charge on any atom is -0.494 e. The summed E-state index contributed by atoms with van der Waals surface area (Å²) in [5.41, 5.74) is 1.60. The third kappa shape index (κ3) is 6.09. The van der Waals surface area contributed by atoms with Crippen molar-refractivity contribution in [3.63, 3.8) is 0 Å². The monoisotopic (exact) mass is 591 g/mol. The average Bonchev–Trinajstić information content (AvgIpc) is 3.05. The second-order valence-electron chi connectivity index (χ2n) is 10.8. The first-order chi connectivity index (χ1) is 20.6. The Hall–Kier alpha value is -3.66. The van der Waals surface area contributed by atoms with Crippen LogP contribution < -0.4 is 19.3 Å². The van der Waals surface area contributed by atoms with Crippen molar-refractivity contribution in [1.29, 1.82) is 0 Å². The fourth-order valence-electron chi connectivity index (χ4n) is 6.08. The van der Waals surface area contributed by atoms with Crippen molar-refractivity contribution in [2.75, 3.05) is 63.4 Å². The Morgan fingerprint density at radius 3 is 1.67 bits per heavy atom. The van der Waals surface area contributed by atoms with Gasteiger partial charge in [-0.25, -0.2) is 19.9 Å². The number of rotatable bonds is 10. The van der Waals surface area contributed by atoms with E-state index in [4.69, 9.17) is 18.5 Å². The SMILES string of the molecule is COc1cccc2c(N3CCCC(CO[P+](=O)OCC4CCCN(c5ncnc6c(OC)cccc56)C4)C3)ncnc12. The summed E-state index contributed by atoms with van der Waals surface area (Å²) < 4.78 is 35.2. The molecular weight excluding hydrogens is 555 g/mol. The van der Waals surface area contributed by atoms with Crippen molar-refractivity contribution in [2.45, 2.75) is 25.7 Å². The van der Waals surface area contributed by atoms with E-state index < -0.39 is 8.25 Å². The molecule has 2 unspecified atom stereocenters. The Morgan fingerprint density at radius 1 is 0.738 bits per heavy atom. The summed E-state index contributed by atoms with van der Waals surface area (Å²) >= 11 is 0. The molecule has 11 nitrogen and oxygen atoms in total. The van der Waals surface area contributed by atoms with Gasteiger partial charge in [-0.05, 0) is 49.9 Å². The van der Waals surface area contributed by atoms with Gasteiger partial charge in [-0.3, -0.25) is 0 Å². The minimum absolute atomic E-state index is 0.227. The highest BCUT2D eigenvalue weighted by atomic mass is 31.1. The van der Waals surface area contributed by atoms with Gasteiger partial charge < -0.3 is 19.3 Å². The van der Waals surface area contributed by atoms with Gasteiger partial charge in [0.15, 0.2) is 0 Å². The van der Waals surface area contributed by atoms with Crippen LogP contribution in [0.15, 0.2) is 49.1 Å². The number of anilines is 2. The Morgan fingerprint density at radius 2 is 1.21 bits per heavy atom. The van der Waals surface area contributed by atoms with Gasteiger partial charge in [-0.15, -0.1) is 9.05 Å². The van der Waals surface area contributed by atoms with Gasteiger partial charge in [-0.2, -0.15) is 0 Å². The number of fused-ring (bicyclic) bond motifs is 2. The third-order valence-electron chi connectivity index (χ3n) is 8.12. The molecule has 2 atom stereocenters. The van der Waals surface area contributed by atoms with Crippen molar-refractivity contribution in [1.82, 2.24) is 19.9 Å². The molecule has 0 saturated carbocycles. The molecule has 0 radical (unpaired) electrons. The van der Waals surface area contributed by atoms with Gasteiger partial charge in [0.2, 0.25) is 0 Å². The number of ether oxygens (including phenoxy) is 2. The smallest absolute Gasteiger partial charge is 0.494 e. The van der Waals surface area contributed by atoms with Crippen LogP contribution in [-0.2, 0) is 13.6 Å². The predicted molar refractivity (Wildman–Crippen MR) is 162 cm³/mol. The van der Waals surface area contributed by atoms with E-state index in [1.165, 1.54) is 0 Å². The van der Waals surface area contributed by atoms with Crippen LogP contribution in [0, 0.1) is 11.8 Å². The van der Waals surface area contributed by atoms with E-state index >= 15 is 0 Å². The molecule has 0 N–H and O–H groups in total. The Kier molecular flexibility index (Phi) is 8.88. The number of hydrogen-bond acceptors (Lipinski definition) is 11. The molecule has 42 heavy (non-hydrogen) atoms. The third-order valence-corrected chi connectivity index (χ3v) is 8.84. The van der Waals surface area contributed by atoms with Crippen molar-refractivity contribution in [2.24, 2.45) is 11.8 Å². The standard InChI is InChI=1S/C30H36N6O5P/c1-38-25-11-3-9-23-27(25)31-19-33-29(23)35-13-5-7-21(15-35)17-40-42(37)41-18-22-8-6-14-36(16-22)30-24-10-4-12-26(39-2)28(24)32-20-34-30/h3-4,9-12,19-22H,5-8,13-18H2,1-2H3/q+1. The lowest BCUT2D eigenvalue weighted by atomic mass is 9.99. The molecule has 0 aliphatic carbocycles. The summed E-state index contributed by atoms with van der Waals surface area (Å²) in [4.78, 5) is 22.6. The van der Waals surface area contributed by atoms with Gasteiger partial charge in [0.05, 0.1) is 14.2 Å². The van der Waals surface area contributed by atoms with Crippen molar-refractivity contribution in [3.05, 3.63) is 49.1 Å².